The largest absolute Gasteiger partial charge is 0.497 e. The average molecular weight is 659 g/mol. The topological polar surface area (TPSA) is 118 Å². The molecule has 0 aliphatic carbocycles. The Hall–Kier alpha value is -4.60. The maximum atomic E-state index is 13.8. The highest BCUT2D eigenvalue weighted by Crippen LogP contribution is 2.34. The lowest BCUT2D eigenvalue weighted by Gasteiger charge is -2.35. The second-order valence-electron chi connectivity index (χ2n) is 14.3. The van der Waals surface area contributed by atoms with Crippen molar-refractivity contribution in [3.05, 3.63) is 90.5 Å². The van der Waals surface area contributed by atoms with Crippen LogP contribution in [-0.2, 0) is 26.3 Å². The Morgan fingerprint density at radius 3 is 2.21 bits per heavy atom. The number of allylic oxidation sites excluding steroid dienone is 1. The van der Waals surface area contributed by atoms with Crippen LogP contribution in [-0.4, -0.2) is 65.0 Å². The molecule has 3 N–H and O–H groups in total. The second-order valence-corrected chi connectivity index (χ2v) is 14.3. The van der Waals surface area contributed by atoms with Crippen molar-refractivity contribution in [1.82, 2.24) is 25.1 Å². The van der Waals surface area contributed by atoms with E-state index >= 15 is 0 Å². The molecule has 0 saturated heterocycles. The number of rotatable bonds is 16. The zero-order valence-corrected chi connectivity index (χ0v) is 30.1. The quantitative estimate of drug-likeness (QED) is 0.177. The van der Waals surface area contributed by atoms with Crippen LogP contribution in [0.3, 0.4) is 0 Å². The van der Waals surface area contributed by atoms with Gasteiger partial charge in [0.05, 0.1) is 13.4 Å². The van der Waals surface area contributed by atoms with Gasteiger partial charge in [0.15, 0.2) is 5.82 Å². The molecule has 260 valence electrons. The van der Waals surface area contributed by atoms with Crippen molar-refractivity contribution >= 4 is 23.5 Å². The maximum absolute atomic E-state index is 13.8. The monoisotopic (exact) mass is 658 g/mol. The highest BCUT2D eigenvalue weighted by atomic mass is 16.5. The minimum Gasteiger partial charge on any atom is -0.497 e. The molecule has 48 heavy (non-hydrogen) atoms. The van der Waals surface area contributed by atoms with E-state index in [0.717, 1.165) is 23.2 Å². The van der Waals surface area contributed by atoms with E-state index in [-0.39, 0.29) is 23.0 Å². The number of nitrogens with one attached hydrogen (secondary N) is 3. The maximum Gasteiger partial charge on any atom is 0.252 e. The van der Waals surface area contributed by atoms with Gasteiger partial charge in [-0.15, -0.1) is 0 Å². The lowest BCUT2D eigenvalue weighted by atomic mass is 9.85. The Balaban J connectivity index is 1.87. The first-order valence-corrected chi connectivity index (χ1v) is 16.5. The van der Waals surface area contributed by atoms with Crippen LogP contribution in [0, 0.1) is 5.41 Å². The fourth-order valence-corrected chi connectivity index (χ4v) is 5.91. The first-order valence-electron chi connectivity index (χ1n) is 16.5. The summed E-state index contributed by atoms with van der Waals surface area (Å²) in [6.45, 7) is 16.0. The van der Waals surface area contributed by atoms with Gasteiger partial charge in [0.25, 0.3) is 5.91 Å². The van der Waals surface area contributed by atoms with Crippen LogP contribution in [0.25, 0.3) is 0 Å². The number of nitrogens with zero attached hydrogens (tertiary/aromatic N) is 3. The summed E-state index contributed by atoms with van der Waals surface area (Å²) in [6.07, 6.45) is 6.19. The normalized spacial score (nSPS) is 13.5. The third kappa shape index (κ3) is 9.71. The van der Waals surface area contributed by atoms with Gasteiger partial charge in [-0.25, -0.2) is 4.98 Å². The number of ether oxygens (including phenoxy) is 1. The number of aromatic nitrogens is 2. The summed E-state index contributed by atoms with van der Waals surface area (Å²) in [5, 5.41) is 9.15. The van der Waals surface area contributed by atoms with Crippen LogP contribution < -0.4 is 20.7 Å². The molecule has 1 heterocycles. The molecular weight excluding hydrogens is 604 g/mol. The van der Waals surface area contributed by atoms with Crippen molar-refractivity contribution in [3.8, 4) is 5.75 Å². The molecule has 0 radical (unpaired) electrons. The van der Waals surface area contributed by atoms with E-state index in [1.807, 2.05) is 61.5 Å². The Labute approximate surface area is 286 Å². The van der Waals surface area contributed by atoms with Crippen molar-refractivity contribution in [3.63, 3.8) is 0 Å². The second kappa shape index (κ2) is 16.0. The van der Waals surface area contributed by atoms with Crippen molar-refractivity contribution in [1.29, 1.82) is 0 Å². The number of benzene rings is 2. The van der Waals surface area contributed by atoms with Crippen LogP contribution in [0.1, 0.15) is 78.4 Å². The van der Waals surface area contributed by atoms with Gasteiger partial charge in [-0.05, 0) is 74.6 Å². The molecule has 0 aliphatic heterocycles. The third-order valence-corrected chi connectivity index (χ3v) is 8.34. The summed E-state index contributed by atoms with van der Waals surface area (Å²) in [7, 11) is 5.03. The number of anilines is 1. The summed E-state index contributed by atoms with van der Waals surface area (Å²) < 4.78 is 7.08. The first kappa shape index (κ1) is 37.9. The molecular formula is C38H54N6O4. The average Bonchev–Trinajstić information content (AvgIpc) is 3.49. The minimum atomic E-state index is -1.11. The number of carbonyl (C=O) groups excluding carboxylic acids is 3. The summed E-state index contributed by atoms with van der Waals surface area (Å²) in [5.41, 5.74) is 0.547. The number of hydrogen-bond donors (Lipinski definition) is 3. The van der Waals surface area contributed by atoms with Crippen molar-refractivity contribution in [2.24, 2.45) is 5.41 Å². The Bertz CT molecular complexity index is 1540. The van der Waals surface area contributed by atoms with E-state index in [1.54, 1.807) is 57.0 Å². The van der Waals surface area contributed by atoms with E-state index < -0.39 is 23.0 Å². The number of methoxy groups -OCH3 is 1. The third-order valence-electron chi connectivity index (χ3n) is 8.34. The molecule has 1 unspecified atom stereocenters. The highest BCUT2D eigenvalue weighted by molar-refractivity contribution is 5.98. The van der Waals surface area contributed by atoms with Crippen molar-refractivity contribution in [2.75, 3.05) is 26.5 Å². The van der Waals surface area contributed by atoms with E-state index in [2.05, 4.69) is 48.3 Å². The zero-order chi connectivity index (χ0) is 35.7. The van der Waals surface area contributed by atoms with Crippen LogP contribution in [0.15, 0.2) is 79.4 Å². The predicted molar refractivity (Wildman–Crippen MR) is 192 cm³/mol. The molecule has 10 nitrogen and oxygen atoms in total. The van der Waals surface area contributed by atoms with Gasteiger partial charge in [-0.2, -0.15) is 0 Å². The standard InChI is InChI=1S/C38H54N6O4/c1-11-38(35(47)43(8)9,29-20-22-30(48-10)23-21-29)44-25-32(39-26-44)41-33(45)31(19-15-18-28-16-13-12-14-17-28)40-34(46)37(6,7)42-27(2)24-36(3,4)5/h12-14,16-17,20-23,25-26,31,42H,2,11,15,18-19,24H2,1,3-10H3,(H,40,46)(H,41,45)/t31-,38?/m1/s1. The van der Waals surface area contributed by atoms with E-state index in [9.17, 15) is 14.4 Å². The fraction of sp³-hybridized carbons (Fsp3) is 0.474. The molecule has 3 amide bonds. The van der Waals surface area contributed by atoms with Gasteiger partial charge in [-0.3, -0.25) is 14.4 Å². The smallest absolute Gasteiger partial charge is 0.252 e. The summed E-state index contributed by atoms with van der Waals surface area (Å²) in [5.74, 6) is 0.104. The molecule has 3 rings (SSSR count). The lowest BCUT2D eigenvalue weighted by molar-refractivity contribution is -0.136. The number of aryl methyl sites for hydroxylation is 1. The molecule has 0 spiro atoms. The molecule has 1 aromatic heterocycles. The predicted octanol–water partition coefficient (Wildman–Crippen LogP) is 5.90. The Morgan fingerprint density at radius 1 is 1.00 bits per heavy atom. The van der Waals surface area contributed by atoms with Crippen LogP contribution in [0.4, 0.5) is 5.82 Å². The van der Waals surface area contributed by atoms with Gasteiger partial charge >= 0.3 is 0 Å². The number of likely N-dealkylation sites (N-methyl/N-ethyl adjacent to an activating group) is 1. The molecule has 2 atom stereocenters. The van der Waals surface area contributed by atoms with Gasteiger partial charge in [0.1, 0.15) is 22.9 Å². The van der Waals surface area contributed by atoms with Crippen LogP contribution in [0.2, 0.25) is 0 Å². The fourth-order valence-electron chi connectivity index (χ4n) is 5.91. The van der Waals surface area contributed by atoms with E-state index in [4.69, 9.17) is 4.74 Å². The summed E-state index contributed by atoms with van der Waals surface area (Å²) in [6, 6.07) is 16.6. The molecule has 3 aromatic rings. The summed E-state index contributed by atoms with van der Waals surface area (Å²) >= 11 is 0. The van der Waals surface area contributed by atoms with E-state index in [1.165, 1.54) is 0 Å². The lowest BCUT2D eigenvalue weighted by Crippen LogP contribution is -2.56. The first-order chi connectivity index (χ1) is 22.5. The van der Waals surface area contributed by atoms with Gasteiger partial charge in [-0.1, -0.05) is 76.7 Å². The molecule has 0 bridgehead atoms. The molecule has 0 aliphatic rings. The van der Waals surface area contributed by atoms with Crippen molar-refractivity contribution < 1.29 is 19.1 Å². The highest BCUT2D eigenvalue weighted by Gasteiger charge is 2.42. The van der Waals surface area contributed by atoms with Crippen LogP contribution >= 0.6 is 0 Å². The zero-order valence-electron chi connectivity index (χ0n) is 30.1. The van der Waals surface area contributed by atoms with Gasteiger partial charge in [0, 0.05) is 26.0 Å². The Morgan fingerprint density at radius 2 is 1.65 bits per heavy atom. The Kier molecular flexibility index (Phi) is 12.6. The number of carbonyl (C=O) groups is 3. The van der Waals surface area contributed by atoms with Crippen LogP contribution in [0.5, 0.6) is 5.75 Å². The van der Waals surface area contributed by atoms with Crippen molar-refractivity contribution in [2.45, 2.75) is 90.8 Å². The number of hydrogen-bond acceptors (Lipinski definition) is 6. The van der Waals surface area contributed by atoms with E-state index in [0.29, 0.717) is 31.4 Å². The number of imidazole rings is 1. The van der Waals surface area contributed by atoms with Gasteiger partial charge < -0.3 is 30.2 Å². The number of amides is 3. The van der Waals surface area contributed by atoms with Gasteiger partial charge in [0.2, 0.25) is 11.8 Å². The minimum absolute atomic E-state index is 0.000198. The molecule has 10 heteroatoms. The molecule has 0 fully saturated rings. The SMILES string of the molecule is C=C(CC(C)(C)C)NC(C)(C)C(=O)N[C@H](CCCc1ccccc1)C(=O)Nc1cn(C(CC)(C(=O)N(C)C)c2ccc(OC)cc2)cn1. The molecule has 2 aromatic carbocycles. The summed E-state index contributed by atoms with van der Waals surface area (Å²) in [4.78, 5) is 47.3. The molecule has 0 saturated carbocycles.